The molecule has 0 aliphatic carbocycles. The Morgan fingerprint density at radius 2 is 1.94 bits per heavy atom. The fraction of sp³-hybridized carbons (Fsp3) is 0. The Morgan fingerprint density at radius 1 is 1.11 bits per heavy atom. The minimum Gasteiger partial charge on any atom is -0.366 e. The molecule has 1 amide bonds. The van der Waals surface area contributed by atoms with Crippen LogP contribution in [0, 0.1) is 0 Å². The first-order chi connectivity index (χ1) is 8.77. The number of carbonyl (C=O) groups excluding carboxylic acids is 1. The van der Waals surface area contributed by atoms with E-state index in [1.54, 1.807) is 6.20 Å². The van der Waals surface area contributed by atoms with Gasteiger partial charge in [-0.2, -0.15) is 5.10 Å². The van der Waals surface area contributed by atoms with Crippen LogP contribution in [0.2, 0.25) is 0 Å². The summed E-state index contributed by atoms with van der Waals surface area (Å²) < 4.78 is 0. The van der Waals surface area contributed by atoms with Gasteiger partial charge in [0.05, 0.1) is 11.3 Å². The summed E-state index contributed by atoms with van der Waals surface area (Å²) in [5.41, 5.74) is 7.60. The number of hydrogen-bond acceptors (Lipinski definition) is 2. The van der Waals surface area contributed by atoms with Crippen LogP contribution in [0.5, 0.6) is 0 Å². The predicted molar refractivity (Wildman–Crippen MR) is 70.0 cm³/mol. The first-order valence-corrected chi connectivity index (χ1v) is 5.58. The predicted octanol–water partition coefficient (Wildman–Crippen LogP) is 2.33. The highest BCUT2D eigenvalue weighted by molar-refractivity contribution is 6.11. The van der Waals surface area contributed by atoms with E-state index in [2.05, 4.69) is 10.2 Å². The van der Waals surface area contributed by atoms with Gasteiger partial charge in [0.2, 0.25) is 5.91 Å². The van der Waals surface area contributed by atoms with Gasteiger partial charge in [0.1, 0.15) is 0 Å². The lowest BCUT2D eigenvalue weighted by Gasteiger charge is -2.08. The average Bonchev–Trinajstić information content (AvgIpc) is 2.90. The summed E-state index contributed by atoms with van der Waals surface area (Å²) in [4.78, 5) is 11.7. The molecule has 0 saturated heterocycles. The average molecular weight is 237 g/mol. The minimum absolute atomic E-state index is 0.434. The third-order valence-electron chi connectivity index (χ3n) is 2.97. The quantitative estimate of drug-likeness (QED) is 0.718. The number of aromatic nitrogens is 2. The van der Waals surface area contributed by atoms with E-state index in [0.29, 0.717) is 5.56 Å². The maximum atomic E-state index is 11.7. The fourth-order valence-corrected chi connectivity index (χ4v) is 2.17. The maximum absolute atomic E-state index is 11.7. The molecular weight excluding hydrogens is 226 g/mol. The molecule has 0 saturated carbocycles. The molecule has 0 spiro atoms. The lowest BCUT2D eigenvalue weighted by molar-refractivity contribution is 0.100. The fourth-order valence-electron chi connectivity index (χ4n) is 2.17. The number of nitrogens with two attached hydrogens (primary N) is 1. The second-order valence-electron chi connectivity index (χ2n) is 4.04. The zero-order chi connectivity index (χ0) is 12.5. The summed E-state index contributed by atoms with van der Waals surface area (Å²) in [6, 6.07) is 13.4. The summed E-state index contributed by atoms with van der Waals surface area (Å²) in [7, 11) is 0. The zero-order valence-electron chi connectivity index (χ0n) is 9.55. The number of H-pyrrole nitrogens is 1. The highest BCUT2D eigenvalue weighted by Gasteiger charge is 2.14. The smallest absolute Gasteiger partial charge is 0.250 e. The van der Waals surface area contributed by atoms with E-state index in [1.807, 2.05) is 42.5 Å². The molecule has 2 aromatic carbocycles. The number of primary amides is 1. The van der Waals surface area contributed by atoms with Gasteiger partial charge < -0.3 is 5.73 Å². The summed E-state index contributed by atoms with van der Waals surface area (Å²) >= 11 is 0. The van der Waals surface area contributed by atoms with E-state index < -0.39 is 5.91 Å². The van der Waals surface area contributed by atoms with Crippen LogP contribution in [0.25, 0.3) is 22.0 Å². The van der Waals surface area contributed by atoms with Crippen molar-refractivity contribution in [1.29, 1.82) is 0 Å². The molecule has 4 heteroatoms. The normalized spacial score (nSPS) is 10.7. The lowest BCUT2D eigenvalue weighted by Crippen LogP contribution is -2.13. The molecule has 0 radical (unpaired) electrons. The molecule has 3 rings (SSSR count). The van der Waals surface area contributed by atoms with Crippen LogP contribution in [-0.4, -0.2) is 16.1 Å². The lowest BCUT2D eigenvalue weighted by atomic mass is 9.96. The van der Waals surface area contributed by atoms with Gasteiger partial charge in [0, 0.05) is 11.8 Å². The van der Waals surface area contributed by atoms with Crippen molar-refractivity contribution < 1.29 is 4.79 Å². The van der Waals surface area contributed by atoms with E-state index in [0.717, 1.165) is 22.0 Å². The Kier molecular flexibility index (Phi) is 2.34. The molecule has 0 bridgehead atoms. The summed E-state index contributed by atoms with van der Waals surface area (Å²) in [5, 5.41) is 8.61. The number of benzene rings is 2. The molecule has 4 nitrogen and oxygen atoms in total. The van der Waals surface area contributed by atoms with Crippen molar-refractivity contribution in [2.24, 2.45) is 5.73 Å². The zero-order valence-corrected chi connectivity index (χ0v) is 9.55. The Labute approximate surface area is 103 Å². The molecule has 1 heterocycles. The number of hydrogen-bond donors (Lipinski definition) is 2. The second kappa shape index (κ2) is 4.00. The Bertz CT molecular complexity index is 717. The second-order valence-corrected chi connectivity index (χ2v) is 4.04. The highest BCUT2D eigenvalue weighted by Crippen LogP contribution is 2.28. The third kappa shape index (κ3) is 1.55. The van der Waals surface area contributed by atoms with E-state index in [-0.39, 0.29) is 0 Å². The Morgan fingerprint density at radius 3 is 2.67 bits per heavy atom. The number of nitrogens with one attached hydrogen (secondary N) is 1. The van der Waals surface area contributed by atoms with Crippen molar-refractivity contribution in [1.82, 2.24) is 10.2 Å². The molecule has 0 unspecified atom stereocenters. The molecule has 0 fully saturated rings. The van der Waals surface area contributed by atoms with Gasteiger partial charge in [-0.15, -0.1) is 0 Å². The summed E-state index contributed by atoms with van der Waals surface area (Å²) in [6.07, 6.45) is 1.65. The number of rotatable bonds is 2. The van der Waals surface area contributed by atoms with E-state index in [1.165, 1.54) is 0 Å². The van der Waals surface area contributed by atoms with Gasteiger partial charge in [-0.25, -0.2) is 0 Å². The van der Waals surface area contributed by atoms with Crippen LogP contribution >= 0.6 is 0 Å². The van der Waals surface area contributed by atoms with E-state index >= 15 is 0 Å². The number of fused-ring (bicyclic) bond motifs is 1. The minimum atomic E-state index is -0.434. The maximum Gasteiger partial charge on any atom is 0.250 e. The van der Waals surface area contributed by atoms with Crippen molar-refractivity contribution in [2.75, 3.05) is 0 Å². The number of aromatic amines is 1. The van der Waals surface area contributed by atoms with Gasteiger partial charge in [-0.1, -0.05) is 36.4 Å². The molecule has 18 heavy (non-hydrogen) atoms. The van der Waals surface area contributed by atoms with Crippen molar-refractivity contribution in [3.8, 4) is 11.3 Å². The monoisotopic (exact) mass is 237 g/mol. The first kappa shape index (κ1) is 10.5. The molecular formula is C14H11N3O. The Hall–Kier alpha value is -2.62. The van der Waals surface area contributed by atoms with Crippen molar-refractivity contribution in [2.45, 2.75) is 0 Å². The van der Waals surface area contributed by atoms with Crippen molar-refractivity contribution in [3.63, 3.8) is 0 Å². The number of amides is 1. The molecule has 0 aliphatic rings. The van der Waals surface area contributed by atoms with Gasteiger partial charge in [0.15, 0.2) is 0 Å². The number of nitrogens with zero attached hydrogens (tertiary/aromatic N) is 1. The molecule has 88 valence electrons. The summed E-state index contributed by atoms with van der Waals surface area (Å²) in [5.74, 6) is -0.434. The van der Waals surface area contributed by atoms with Crippen LogP contribution < -0.4 is 5.73 Å². The number of carbonyl (C=O) groups is 1. The standard InChI is InChI=1S/C14H11N3O/c15-14(18)13-10-4-2-1-3-9(10)5-6-11(13)12-7-8-16-17-12/h1-8H,(H2,15,18)(H,16,17). The SMILES string of the molecule is NC(=O)c1c(-c2ccn[nH]2)ccc2ccccc12. The van der Waals surface area contributed by atoms with Gasteiger partial charge in [-0.05, 0) is 16.8 Å². The Balaban J connectivity index is 2.39. The van der Waals surface area contributed by atoms with Crippen LogP contribution in [0.1, 0.15) is 10.4 Å². The molecule has 3 aromatic rings. The first-order valence-electron chi connectivity index (χ1n) is 5.58. The summed E-state index contributed by atoms with van der Waals surface area (Å²) in [6.45, 7) is 0. The molecule has 1 aromatic heterocycles. The van der Waals surface area contributed by atoms with Gasteiger partial charge >= 0.3 is 0 Å². The van der Waals surface area contributed by atoms with Crippen molar-refractivity contribution in [3.05, 3.63) is 54.2 Å². The van der Waals surface area contributed by atoms with Crippen LogP contribution in [0.3, 0.4) is 0 Å². The van der Waals surface area contributed by atoms with Crippen molar-refractivity contribution >= 4 is 16.7 Å². The molecule has 0 aliphatic heterocycles. The molecule has 0 atom stereocenters. The van der Waals surface area contributed by atoms with Gasteiger partial charge in [-0.3, -0.25) is 9.89 Å². The molecule has 3 N–H and O–H groups in total. The van der Waals surface area contributed by atoms with E-state index in [9.17, 15) is 4.79 Å². The highest BCUT2D eigenvalue weighted by atomic mass is 16.1. The topological polar surface area (TPSA) is 71.8 Å². The van der Waals surface area contributed by atoms with Crippen LogP contribution in [0.4, 0.5) is 0 Å². The van der Waals surface area contributed by atoms with E-state index in [4.69, 9.17) is 5.73 Å². The van der Waals surface area contributed by atoms with Crippen LogP contribution in [0.15, 0.2) is 48.7 Å². The van der Waals surface area contributed by atoms with Gasteiger partial charge in [0.25, 0.3) is 0 Å². The third-order valence-corrected chi connectivity index (χ3v) is 2.97. The largest absolute Gasteiger partial charge is 0.366 e. The van der Waals surface area contributed by atoms with Crippen LogP contribution in [-0.2, 0) is 0 Å².